The highest BCUT2D eigenvalue weighted by Gasteiger charge is 2.28. The summed E-state index contributed by atoms with van der Waals surface area (Å²) in [5, 5.41) is 2.75. The molecule has 0 unspecified atom stereocenters. The van der Waals surface area contributed by atoms with Crippen molar-refractivity contribution in [3.05, 3.63) is 59.7 Å². The number of thioether (sulfide) groups is 1. The summed E-state index contributed by atoms with van der Waals surface area (Å²) in [5.41, 5.74) is -3.51. The molecule has 112 valence electrons. The Morgan fingerprint density at radius 1 is 0.952 bits per heavy atom. The number of rotatable bonds is 4. The van der Waals surface area contributed by atoms with Crippen LogP contribution >= 0.6 is 11.8 Å². The summed E-state index contributed by atoms with van der Waals surface area (Å²) in [6.45, 7) is 0.222. The molecule has 0 saturated carbocycles. The van der Waals surface area contributed by atoms with Crippen LogP contribution < -0.4 is 5.32 Å². The van der Waals surface area contributed by atoms with E-state index in [4.69, 9.17) is 0 Å². The number of hydrogen-bond donors (Lipinski definition) is 1. The van der Waals surface area contributed by atoms with Gasteiger partial charge in [-0.15, -0.1) is 0 Å². The molecule has 1 nitrogen and oxygen atoms in total. The van der Waals surface area contributed by atoms with Crippen molar-refractivity contribution < 1.29 is 22.0 Å². The van der Waals surface area contributed by atoms with Gasteiger partial charge in [-0.2, -0.15) is 13.2 Å². The lowest BCUT2D eigenvalue weighted by atomic mass is 10.2. The van der Waals surface area contributed by atoms with Gasteiger partial charge in [0.1, 0.15) is 11.6 Å². The first-order valence-corrected chi connectivity index (χ1v) is 6.69. The maximum absolute atomic E-state index is 13.4. The highest BCUT2D eigenvalue weighted by Crippen LogP contribution is 2.36. The molecule has 0 bridgehead atoms. The van der Waals surface area contributed by atoms with Gasteiger partial charge in [-0.05, 0) is 41.6 Å². The zero-order valence-corrected chi connectivity index (χ0v) is 11.4. The Morgan fingerprint density at radius 3 is 2.19 bits per heavy atom. The lowest BCUT2D eigenvalue weighted by Crippen LogP contribution is -2.02. The fourth-order valence-electron chi connectivity index (χ4n) is 1.64. The summed E-state index contributed by atoms with van der Waals surface area (Å²) >= 11 is -0.194. The molecule has 0 fully saturated rings. The maximum atomic E-state index is 13.4. The van der Waals surface area contributed by atoms with Gasteiger partial charge >= 0.3 is 5.51 Å². The molecule has 2 rings (SSSR count). The Bertz CT molecular complexity index is 610. The van der Waals surface area contributed by atoms with E-state index in [1.165, 1.54) is 30.3 Å². The maximum Gasteiger partial charge on any atom is 0.446 e. The van der Waals surface area contributed by atoms with E-state index in [1.54, 1.807) is 0 Å². The minimum Gasteiger partial charge on any atom is -0.379 e. The predicted molar refractivity (Wildman–Crippen MR) is 72.0 cm³/mol. The first-order valence-electron chi connectivity index (χ1n) is 5.87. The molecule has 0 spiro atoms. The van der Waals surface area contributed by atoms with Gasteiger partial charge in [-0.25, -0.2) is 8.78 Å². The molecule has 0 aliphatic heterocycles. The molecule has 2 aromatic rings. The van der Waals surface area contributed by atoms with Crippen molar-refractivity contribution in [1.82, 2.24) is 0 Å². The van der Waals surface area contributed by atoms with Gasteiger partial charge in [-0.1, -0.05) is 12.1 Å². The standard InChI is InChI=1S/C14H10F5NS/c15-10-3-6-13(12(16)7-10)20-8-9-1-4-11(5-2-9)21-14(17,18)19/h1-7,20H,8H2. The number of nitrogens with one attached hydrogen (secondary N) is 1. The van der Waals surface area contributed by atoms with Gasteiger partial charge in [0.2, 0.25) is 0 Å². The third kappa shape index (κ3) is 4.93. The van der Waals surface area contributed by atoms with Crippen LogP contribution in [0, 0.1) is 11.6 Å². The molecule has 0 aromatic heterocycles. The van der Waals surface area contributed by atoms with Crippen molar-refractivity contribution in [3.63, 3.8) is 0 Å². The summed E-state index contributed by atoms with van der Waals surface area (Å²) in [6.07, 6.45) is 0. The molecular formula is C14H10F5NS. The first kappa shape index (κ1) is 15.6. The third-order valence-electron chi connectivity index (χ3n) is 2.57. The van der Waals surface area contributed by atoms with E-state index < -0.39 is 17.1 Å². The molecule has 0 amide bonds. The molecule has 0 saturated heterocycles. The normalized spacial score (nSPS) is 11.5. The van der Waals surface area contributed by atoms with E-state index in [-0.39, 0.29) is 28.9 Å². The molecule has 1 N–H and O–H groups in total. The Hall–Kier alpha value is -1.76. The second kappa shape index (κ2) is 6.34. The Kier molecular flexibility index (Phi) is 4.72. The van der Waals surface area contributed by atoms with Gasteiger partial charge in [0.15, 0.2) is 0 Å². The van der Waals surface area contributed by atoms with Crippen molar-refractivity contribution >= 4 is 17.4 Å². The van der Waals surface area contributed by atoms with Gasteiger partial charge in [-0.3, -0.25) is 0 Å². The SMILES string of the molecule is Fc1ccc(NCc2ccc(SC(F)(F)F)cc2)c(F)c1. The van der Waals surface area contributed by atoms with E-state index in [0.717, 1.165) is 12.1 Å². The Morgan fingerprint density at radius 2 is 1.62 bits per heavy atom. The van der Waals surface area contributed by atoms with Crippen molar-refractivity contribution in [2.75, 3.05) is 5.32 Å². The summed E-state index contributed by atoms with van der Waals surface area (Å²) in [6, 6.07) is 8.86. The summed E-state index contributed by atoms with van der Waals surface area (Å²) < 4.78 is 62.6. The number of alkyl halides is 3. The van der Waals surface area contributed by atoms with Crippen LogP contribution in [0.25, 0.3) is 0 Å². The molecule has 7 heteroatoms. The fourth-order valence-corrected chi connectivity index (χ4v) is 2.18. The smallest absolute Gasteiger partial charge is 0.379 e. The number of anilines is 1. The third-order valence-corrected chi connectivity index (χ3v) is 3.31. The largest absolute Gasteiger partial charge is 0.446 e. The molecule has 21 heavy (non-hydrogen) atoms. The summed E-state index contributed by atoms with van der Waals surface area (Å²) in [5.74, 6) is -1.40. The molecule has 0 atom stereocenters. The fraction of sp³-hybridized carbons (Fsp3) is 0.143. The second-order valence-electron chi connectivity index (χ2n) is 4.17. The highest BCUT2D eigenvalue weighted by atomic mass is 32.2. The van der Waals surface area contributed by atoms with Crippen LogP contribution in [0.2, 0.25) is 0 Å². The van der Waals surface area contributed by atoms with E-state index in [9.17, 15) is 22.0 Å². The quantitative estimate of drug-likeness (QED) is 0.615. The molecule has 2 aromatic carbocycles. The summed E-state index contributed by atoms with van der Waals surface area (Å²) in [4.78, 5) is 0.0826. The molecule has 0 heterocycles. The average molecular weight is 319 g/mol. The molecular weight excluding hydrogens is 309 g/mol. The zero-order chi connectivity index (χ0) is 15.5. The van der Waals surface area contributed by atoms with Crippen LogP contribution in [0.5, 0.6) is 0 Å². The van der Waals surface area contributed by atoms with Gasteiger partial charge in [0, 0.05) is 17.5 Å². The number of benzene rings is 2. The van der Waals surface area contributed by atoms with E-state index in [1.807, 2.05) is 0 Å². The monoisotopic (exact) mass is 319 g/mol. The number of hydrogen-bond acceptors (Lipinski definition) is 2. The van der Waals surface area contributed by atoms with E-state index in [2.05, 4.69) is 5.32 Å². The van der Waals surface area contributed by atoms with Crippen molar-refractivity contribution in [1.29, 1.82) is 0 Å². The zero-order valence-electron chi connectivity index (χ0n) is 10.5. The highest BCUT2D eigenvalue weighted by molar-refractivity contribution is 8.00. The van der Waals surface area contributed by atoms with Crippen LogP contribution in [-0.2, 0) is 6.54 Å². The van der Waals surface area contributed by atoms with Gasteiger partial charge < -0.3 is 5.32 Å². The number of halogens is 5. The topological polar surface area (TPSA) is 12.0 Å². The lowest BCUT2D eigenvalue weighted by Gasteiger charge is -2.09. The second-order valence-corrected chi connectivity index (χ2v) is 5.31. The first-order chi connectivity index (χ1) is 9.83. The average Bonchev–Trinajstić information content (AvgIpc) is 2.38. The Balaban J connectivity index is 1.97. The molecule has 0 aliphatic rings. The summed E-state index contributed by atoms with van der Waals surface area (Å²) in [7, 11) is 0. The molecule has 0 aliphatic carbocycles. The Labute approximate surface area is 122 Å². The minimum absolute atomic E-state index is 0.0826. The predicted octanol–water partition coefficient (Wildman–Crippen LogP) is 5.19. The lowest BCUT2D eigenvalue weighted by molar-refractivity contribution is -0.0328. The minimum atomic E-state index is -4.32. The van der Waals surface area contributed by atoms with Crippen LogP contribution in [0.1, 0.15) is 5.56 Å². The van der Waals surface area contributed by atoms with Gasteiger partial charge in [0.05, 0.1) is 5.69 Å². The van der Waals surface area contributed by atoms with Crippen LogP contribution in [0.4, 0.5) is 27.6 Å². The van der Waals surface area contributed by atoms with Crippen molar-refractivity contribution in [2.24, 2.45) is 0 Å². The van der Waals surface area contributed by atoms with Crippen LogP contribution in [0.15, 0.2) is 47.4 Å². The van der Waals surface area contributed by atoms with Gasteiger partial charge in [0.25, 0.3) is 0 Å². The van der Waals surface area contributed by atoms with Crippen molar-refractivity contribution in [2.45, 2.75) is 16.9 Å². The van der Waals surface area contributed by atoms with E-state index >= 15 is 0 Å². The van der Waals surface area contributed by atoms with Crippen LogP contribution in [-0.4, -0.2) is 5.51 Å². The van der Waals surface area contributed by atoms with E-state index in [0.29, 0.717) is 5.56 Å². The van der Waals surface area contributed by atoms with Crippen molar-refractivity contribution in [3.8, 4) is 0 Å². The molecule has 0 radical (unpaired) electrons. The van der Waals surface area contributed by atoms with Crippen LogP contribution in [0.3, 0.4) is 0 Å².